The van der Waals surface area contributed by atoms with Crippen molar-refractivity contribution in [3.05, 3.63) is 200 Å². The summed E-state index contributed by atoms with van der Waals surface area (Å²) in [6.45, 7) is 0. The van der Waals surface area contributed by atoms with E-state index in [0.717, 1.165) is 77.0 Å². The lowest BCUT2D eigenvalue weighted by molar-refractivity contribution is 0.669. The molecule has 0 saturated carbocycles. The maximum Gasteiger partial charge on any atom is 0.238 e. The minimum atomic E-state index is 0.537. The fraction of sp³-hybridized carbons (Fsp3) is 0. The summed E-state index contributed by atoms with van der Waals surface area (Å²) in [7, 11) is 0. The third kappa shape index (κ3) is 4.86. The number of hydrogen-bond donors (Lipinski definition) is 0. The number of hydrogen-bond acceptors (Lipinski definition) is 4. The number of para-hydroxylation sites is 3. The molecule has 0 aliphatic rings. The lowest BCUT2D eigenvalue weighted by Crippen LogP contribution is -2.07. The van der Waals surface area contributed by atoms with Crippen LogP contribution in [-0.4, -0.2) is 24.1 Å². The fourth-order valence-electron chi connectivity index (χ4n) is 10.3. The summed E-state index contributed by atoms with van der Waals surface area (Å²) in [4.78, 5) is 16.1. The third-order valence-corrected chi connectivity index (χ3v) is 13.0. The summed E-state index contributed by atoms with van der Waals surface area (Å²) in [5.74, 6) is 1.70. The maximum absolute atomic E-state index is 6.37. The number of benzene rings is 10. The van der Waals surface area contributed by atoms with E-state index < -0.39 is 0 Å². The Balaban J connectivity index is 1.13. The van der Waals surface area contributed by atoms with Gasteiger partial charge in [0.1, 0.15) is 11.2 Å². The molecule has 0 atom stereocenters. The van der Waals surface area contributed by atoms with Crippen LogP contribution in [0.2, 0.25) is 0 Å². The maximum atomic E-state index is 6.37. The van der Waals surface area contributed by atoms with Gasteiger partial charge in [0.25, 0.3) is 0 Å². The van der Waals surface area contributed by atoms with Gasteiger partial charge in [0.2, 0.25) is 5.95 Å². The molecule has 4 heterocycles. The predicted octanol–water partition coefficient (Wildman–Crippen LogP) is 14.8. The molecule has 0 spiro atoms. The minimum Gasteiger partial charge on any atom is -0.456 e. The van der Waals surface area contributed by atoms with Crippen molar-refractivity contribution in [1.29, 1.82) is 0 Å². The molecule has 0 N–H and O–H groups in total. The Bertz CT molecular complexity index is 4180. The van der Waals surface area contributed by atoms with E-state index in [0.29, 0.717) is 17.6 Å². The quantitative estimate of drug-likeness (QED) is 0.166. The number of fused-ring (bicyclic) bond motifs is 16. The van der Waals surface area contributed by atoms with Crippen LogP contribution in [0.4, 0.5) is 0 Å². The highest BCUT2D eigenvalue weighted by Crippen LogP contribution is 2.44. The first-order valence-electron chi connectivity index (χ1n) is 21.3. The lowest BCUT2D eigenvalue weighted by atomic mass is 9.94. The van der Waals surface area contributed by atoms with Crippen molar-refractivity contribution in [2.45, 2.75) is 0 Å². The van der Waals surface area contributed by atoms with Crippen molar-refractivity contribution in [3.63, 3.8) is 0 Å². The van der Waals surface area contributed by atoms with Crippen LogP contribution < -0.4 is 0 Å². The van der Waals surface area contributed by atoms with E-state index >= 15 is 0 Å². The fourth-order valence-corrected chi connectivity index (χ4v) is 10.3. The van der Waals surface area contributed by atoms with E-state index in [2.05, 4.69) is 161 Å². The van der Waals surface area contributed by atoms with Crippen LogP contribution in [0.1, 0.15) is 0 Å². The van der Waals surface area contributed by atoms with Crippen LogP contribution in [0, 0.1) is 0 Å². The first kappa shape index (κ1) is 34.1. The Kier molecular flexibility index (Phi) is 7.02. The normalized spacial score (nSPS) is 12.1. The molecule has 0 saturated heterocycles. The molecule has 63 heavy (non-hydrogen) atoms. The summed E-state index contributed by atoms with van der Waals surface area (Å²) < 4.78 is 11.1. The van der Waals surface area contributed by atoms with Gasteiger partial charge in [-0.2, -0.15) is 9.97 Å². The van der Waals surface area contributed by atoms with Gasteiger partial charge in [-0.1, -0.05) is 164 Å². The summed E-state index contributed by atoms with van der Waals surface area (Å²) in [5.41, 5.74) is 8.73. The molecule has 4 aromatic heterocycles. The van der Waals surface area contributed by atoms with E-state index in [1.807, 2.05) is 48.5 Å². The molecule has 292 valence electrons. The van der Waals surface area contributed by atoms with Crippen molar-refractivity contribution >= 4 is 97.9 Å². The molecule has 0 fully saturated rings. The van der Waals surface area contributed by atoms with Crippen molar-refractivity contribution in [1.82, 2.24) is 24.1 Å². The van der Waals surface area contributed by atoms with Gasteiger partial charge in [-0.05, 0) is 68.7 Å². The van der Waals surface area contributed by atoms with Gasteiger partial charge in [-0.25, -0.2) is 4.98 Å². The first-order valence-corrected chi connectivity index (χ1v) is 21.3. The predicted molar refractivity (Wildman–Crippen MR) is 259 cm³/mol. The van der Waals surface area contributed by atoms with Gasteiger partial charge in [-0.15, -0.1) is 0 Å². The molecule has 0 bridgehead atoms. The van der Waals surface area contributed by atoms with E-state index in [1.165, 1.54) is 37.7 Å². The summed E-state index contributed by atoms with van der Waals surface area (Å²) in [5, 5.41) is 14.0. The highest BCUT2D eigenvalue weighted by atomic mass is 16.3. The number of furan rings is 1. The van der Waals surface area contributed by atoms with E-state index in [9.17, 15) is 0 Å². The Morgan fingerprint density at radius 1 is 0.333 bits per heavy atom. The second-order valence-corrected chi connectivity index (χ2v) is 16.3. The zero-order valence-electron chi connectivity index (χ0n) is 33.7. The Morgan fingerprint density at radius 2 is 0.841 bits per heavy atom. The molecule has 10 aromatic carbocycles. The topological polar surface area (TPSA) is 61.7 Å². The lowest BCUT2D eigenvalue weighted by Gasteiger charge is -2.15. The average Bonchev–Trinajstić information content (AvgIpc) is 4.02. The molecule has 0 amide bonds. The summed E-state index contributed by atoms with van der Waals surface area (Å²) >= 11 is 0. The standard InChI is InChI=1S/C57H33N5O/c1-2-15-34(16-3-1)55-58-56(46-24-14-28-51-52(46)45-23-10-13-27-50(45)63-51)60-57(59-55)62-49-26-12-9-22-42(49)44-32-31-43-41-21-8-11-25-48(41)61(53(43)54(44)62)35-29-30-40-38-19-5-4-17-36(38)37-18-6-7-20-39(37)47(40)33-35/h1-33H. The van der Waals surface area contributed by atoms with Crippen LogP contribution >= 0.6 is 0 Å². The Hall–Kier alpha value is -8.61. The molecule has 0 unspecified atom stereocenters. The van der Waals surface area contributed by atoms with Crippen LogP contribution in [0.15, 0.2) is 205 Å². The van der Waals surface area contributed by atoms with E-state index in [4.69, 9.17) is 19.4 Å². The van der Waals surface area contributed by atoms with Crippen molar-refractivity contribution in [2.24, 2.45) is 0 Å². The zero-order chi connectivity index (χ0) is 41.2. The SMILES string of the molecule is c1ccc(-c2nc(-c3cccc4oc5ccccc5c34)nc(-n3c4ccccc4c4ccc5c6ccccc6n(-c6ccc7c8ccccc8c8ccccc8c7c6)c5c43)n2)cc1. The highest BCUT2D eigenvalue weighted by molar-refractivity contribution is 6.27. The second kappa shape index (κ2) is 12.9. The van der Waals surface area contributed by atoms with Crippen LogP contribution in [-0.2, 0) is 0 Å². The van der Waals surface area contributed by atoms with Gasteiger partial charge in [0.15, 0.2) is 11.6 Å². The van der Waals surface area contributed by atoms with Crippen LogP contribution in [0.25, 0.3) is 132 Å². The largest absolute Gasteiger partial charge is 0.456 e. The Labute approximate surface area is 359 Å². The molecule has 14 rings (SSSR count). The molecule has 6 heteroatoms. The number of nitrogens with zero attached hydrogens (tertiary/aromatic N) is 5. The molecular formula is C57H33N5O. The highest BCUT2D eigenvalue weighted by Gasteiger charge is 2.25. The van der Waals surface area contributed by atoms with Gasteiger partial charge >= 0.3 is 0 Å². The summed E-state index contributed by atoms with van der Waals surface area (Å²) in [6.07, 6.45) is 0. The van der Waals surface area contributed by atoms with Crippen LogP contribution in [0.5, 0.6) is 0 Å². The Morgan fingerprint density at radius 3 is 1.54 bits per heavy atom. The van der Waals surface area contributed by atoms with Crippen LogP contribution in [0.3, 0.4) is 0 Å². The van der Waals surface area contributed by atoms with Gasteiger partial charge in [0.05, 0.1) is 22.1 Å². The molecule has 0 aliphatic heterocycles. The molecular weight excluding hydrogens is 771 g/mol. The molecule has 14 aromatic rings. The average molecular weight is 804 g/mol. The van der Waals surface area contributed by atoms with Crippen molar-refractivity contribution in [2.75, 3.05) is 0 Å². The van der Waals surface area contributed by atoms with Crippen molar-refractivity contribution in [3.8, 4) is 34.4 Å². The smallest absolute Gasteiger partial charge is 0.238 e. The monoisotopic (exact) mass is 803 g/mol. The first-order chi connectivity index (χ1) is 31.3. The molecule has 0 aliphatic carbocycles. The van der Waals surface area contributed by atoms with Gasteiger partial charge in [-0.3, -0.25) is 4.57 Å². The number of rotatable bonds is 4. The molecule has 6 nitrogen and oxygen atoms in total. The third-order valence-electron chi connectivity index (χ3n) is 13.0. The van der Waals surface area contributed by atoms with Gasteiger partial charge in [0, 0.05) is 49.1 Å². The minimum absolute atomic E-state index is 0.537. The second-order valence-electron chi connectivity index (χ2n) is 16.3. The number of aromatic nitrogens is 5. The van der Waals surface area contributed by atoms with Crippen molar-refractivity contribution < 1.29 is 4.42 Å². The molecule has 0 radical (unpaired) electrons. The zero-order valence-corrected chi connectivity index (χ0v) is 33.7. The van der Waals surface area contributed by atoms with Gasteiger partial charge < -0.3 is 8.98 Å². The van der Waals surface area contributed by atoms with E-state index in [-0.39, 0.29) is 0 Å². The summed E-state index contributed by atoms with van der Waals surface area (Å²) in [6, 6.07) is 70.9. The van der Waals surface area contributed by atoms with E-state index in [1.54, 1.807) is 0 Å².